The van der Waals surface area contributed by atoms with Crippen LogP contribution in [0.15, 0.2) is 22.7 Å². The topological polar surface area (TPSA) is 24.5 Å². The van der Waals surface area contributed by atoms with Gasteiger partial charge in [-0.2, -0.15) is 0 Å². The highest BCUT2D eigenvalue weighted by molar-refractivity contribution is 9.10. The highest BCUT2D eigenvalue weighted by atomic mass is 79.9. The first kappa shape index (κ1) is 15.5. The summed E-state index contributed by atoms with van der Waals surface area (Å²) in [5.74, 6) is 0. The molecule has 1 aromatic rings. The van der Waals surface area contributed by atoms with Crippen LogP contribution in [-0.4, -0.2) is 43.3 Å². The summed E-state index contributed by atoms with van der Waals surface area (Å²) < 4.78 is 6.65. The number of rotatable bonds is 4. The smallest absolute Gasteiger partial charge is 0.0594 e. The molecule has 1 atom stereocenters. The van der Waals surface area contributed by atoms with Crippen molar-refractivity contribution in [3.8, 4) is 0 Å². The van der Waals surface area contributed by atoms with E-state index in [0.717, 1.165) is 32.8 Å². The normalized spacial score (nSPS) is 23.3. The van der Waals surface area contributed by atoms with Crippen LogP contribution in [0.5, 0.6) is 0 Å². The molecule has 1 N–H and O–H groups in total. The van der Waals surface area contributed by atoms with Gasteiger partial charge in [0.2, 0.25) is 0 Å². The minimum Gasteiger partial charge on any atom is -0.379 e. The molecule has 1 aliphatic carbocycles. The molecule has 0 bridgehead atoms. The van der Waals surface area contributed by atoms with Crippen molar-refractivity contribution in [3.05, 3.63) is 33.8 Å². The van der Waals surface area contributed by atoms with Crippen molar-refractivity contribution in [2.24, 2.45) is 0 Å². The number of hydrogen-bond donors (Lipinski definition) is 1. The van der Waals surface area contributed by atoms with Gasteiger partial charge in [-0.05, 0) is 49.9 Å². The van der Waals surface area contributed by atoms with E-state index >= 15 is 0 Å². The summed E-state index contributed by atoms with van der Waals surface area (Å²) in [6.45, 7) is 9.51. The maximum Gasteiger partial charge on any atom is 0.0594 e. The molecule has 1 saturated heterocycles. The van der Waals surface area contributed by atoms with Gasteiger partial charge >= 0.3 is 0 Å². The zero-order valence-electron chi connectivity index (χ0n) is 13.0. The minimum atomic E-state index is 0.182. The number of ether oxygens (including phenoxy) is 1. The van der Waals surface area contributed by atoms with E-state index < -0.39 is 0 Å². The van der Waals surface area contributed by atoms with Crippen molar-refractivity contribution in [2.75, 3.05) is 32.8 Å². The summed E-state index contributed by atoms with van der Waals surface area (Å²) in [4.78, 5) is 2.54. The van der Waals surface area contributed by atoms with Gasteiger partial charge in [0.25, 0.3) is 0 Å². The predicted octanol–water partition coefficient (Wildman–Crippen LogP) is 3.14. The Bertz CT molecular complexity index is 498. The molecule has 3 nitrogen and oxygen atoms in total. The zero-order valence-corrected chi connectivity index (χ0v) is 14.6. The van der Waals surface area contributed by atoms with E-state index in [1.807, 2.05) is 0 Å². The molecule has 0 amide bonds. The number of morpholine rings is 1. The molecule has 2 aliphatic rings. The highest BCUT2D eigenvalue weighted by Crippen LogP contribution is 2.33. The number of nitrogens with zero attached hydrogens (tertiary/aromatic N) is 1. The van der Waals surface area contributed by atoms with Gasteiger partial charge in [-0.15, -0.1) is 0 Å². The molecule has 0 aromatic heterocycles. The maximum atomic E-state index is 5.46. The third-order valence-electron chi connectivity index (χ3n) is 4.83. The van der Waals surface area contributed by atoms with Crippen LogP contribution >= 0.6 is 15.9 Å². The number of halogens is 1. The van der Waals surface area contributed by atoms with E-state index in [9.17, 15) is 0 Å². The Labute approximate surface area is 136 Å². The lowest BCUT2D eigenvalue weighted by atomic mass is 10.0. The van der Waals surface area contributed by atoms with E-state index in [-0.39, 0.29) is 5.54 Å². The van der Waals surface area contributed by atoms with Crippen LogP contribution in [0.2, 0.25) is 0 Å². The van der Waals surface area contributed by atoms with Gasteiger partial charge < -0.3 is 10.1 Å². The number of nitrogens with one attached hydrogen (secondary N) is 1. The van der Waals surface area contributed by atoms with Crippen molar-refractivity contribution in [2.45, 2.75) is 38.3 Å². The molecule has 1 fully saturated rings. The fourth-order valence-electron chi connectivity index (χ4n) is 3.45. The minimum absolute atomic E-state index is 0.182. The SMILES string of the molecule is CC(C)(CNC1CCc2cc(Br)ccc21)N1CCOCC1. The molecule has 4 heteroatoms. The summed E-state index contributed by atoms with van der Waals surface area (Å²) in [7, 11) is 0. The number of benzene rings is 1. The lowest BCUT2D eigenvalue weighted by molar-refractivity contribution is -0.0103. The molecule has 0 spiro atoms. The van der Waals surface area contributed by atoms with Gasteiger partial charge in [0, 0.05) is 35.7 Å². The fourth-order valence-corrected chi connectivity index (χ4v) is 3.86. The Morgan fingerprint density at radius 3 is 2.86 bits per heavy atom. The van der Waals surface area contributed by atoms with Gasteiger partial charge in [0.1, 0.15) is 0 Å². The van der Waals surface area contributed by atoms with Crippen LogP contribution < -0.4 is 5.32 Å². The second-order valence-electron chi connectivity index (χ2n) is 6.73. The summed E-state index contributed by atoms with van der Waals surface area (Å²) >= 11 is 3.57. The summed E-state index contributed by atoms with van der Waals surface area (Å²) in [5, 5.41) is 3.80. The lowest BCUT2D eigenvalue weighted by Crippen LogP contribution is -2.54. The Morgan fingerprint density at radius 2 is 2.10 bits per heavy atom. The molecular formula is C17H25BrN2O. The zero-order chi connectivity index (χ0) is 14.9. The third kappa shape index (κ3) is 3.50. The van der Waals surface area contributed by atoms with Crippen molar-refractivity contribution < 1.29 is 4.74 Å². The predicted molar refractivity (Wildman–Crippen MR) is 89.7 cm³/mol. The highest BCUT2D eigenvalue weighted by Gasteiger charge is 2.30. The fraction of sp³-hybridized carbons (Fsp3) is 0.647. The van der Waals surface area contributed by atoms with Crippen molar-refractivity contribution in [1.82, 2.24) is 10.2 Å². The first-order valence-electron chi connectivity index (χ1n) is 7.91. The molecule has 3 rings (SSSR count). The van der Waals surface area contributed by atoms with Gasteiger partial charge in [-0.1, -0.05) is 22.0 Å². The Kier molecular flexibility index (Phi) is 4.69. The van der Waals surface area contributed by atoms with E-state index in [0.29, 0.717) is 6.04 Å². The molecule has 1 heterocycles. The number of hydrogen-bond acceptors (Lipinski definition) is 3. The van der Waals surface area contributed by atoms with E-state index in [1.165, 1.54) is 28.4 Å². The van der Waals surface area contributed by atoms with Crippen LogP contribution in [0, 0.1) is 0 Å². The molecule has 0 saturated carbocycles. The Balaban J connectivity index is 1.61. The van der Waals surface area contributed by atoms with Crippen LogP contribution in [-0.2, 0) is 11.2 Å². The van der Waals surface area contributed by atoms with E-state index in [4.69, 9.17) is 4.74 Å². The molecule has 1 aliphatic heterocycles. The van der Waals surface area contributed by atoms with Gasteiger partial charge in [-0.3, -0.25) is 4.90 Å². The second kappa shape index (κ2) is 6.37. The first-order valence-corrected chi connectivity index (χ1v) is 8.70. The summed E-state index contributed by atoms with van der Waals surface area (Å²) in [6.07, 6.45) is 2.40. The molecule has 116 valence electrons. The van der Waals surface area contributed by atoms with E-state index in [2.05, 4.69) is 58.2 Å². The van der Waals surface area contributed by atoms with Crippen LogP contribution in [0.1, 0.15) is 37.4 Å². The second-order valence-corrected chi connectivity index (χ2v) is 7.64. The van der Waals surface area contributed by atoms with Crippen molar-refractivity contribution in [3.63, 3.8) is 0 Å². The van der Waals surface area contributed by atoms with Crippen LogP contribution in [0.3, 0.4) is 0 Å². The van der Waals surface area contributed by atoms with Gasteiger partial charge in [-0.25, -0.2) is 0 Å². The number of fused-ring (bicyclic) bond motifs is 1. The average Bonchev–Trinajstić information content (AvgIpc) is 2.88. The molecular weight excluding hydrogens is 328 g/mol. The summed E-state index contributed by atoms with van der Waals surface area (Å²) in [6, 6.07) is 7.20. The Hall–Kier alpha value is -0.420. The molecule has 1 unspecified atom stereocenters. The van der Waals surface area contributed by atoms with Crippen LogP contribution in [0.4, 0.5) is 0 Å². The standard InChI is InChI=1S/C17H25BrN2O/c1-17(2,20-7-9-21-10-8-20)12-19-16-6-3-13-11-14(18)4-5-15(13)16/h4-5,11,16,19H,3,6-10,12H2,1-2H3. The largest absolute Gasteiger partial charge is 0.379 e. The Morgan fingerprint density at radius 1 is 1.33 bits per heavy atom. The molecule has 0 radical (unpaired) electrons. The number of aryl methyl sites for hydroxylation is 1. The quantitative estimate of drug-likeness (QED) is 0.900. The van der Waals surface area contributed by atoms with Crippen molar-refractivity contribution in [1.29, 1.82) is 0 Å². The third-order valence-corrected chi connectivity index (χ3v) is 5.32. The first-order chi connectivity index (χ1) is 10.1. The molecule has 1 aromatic carbocycles. The lowest BCUT2D eigenvalue weighted by Gasteiger charge is -2.41. The van der Waals surface area contributed by atoms with Crippen molar-refractivity contribution >= 4 is 15.9 Å². The van der Waals surface area contributed by atoms with Crippen LogP contribution in [0.25, 0.3) is 0 Å². The average molecular weight is 353 g/mol. The molecule has 21 heavy (non-hydrogen) atoms. The van der Waals surface area contributed by atoms with Gasteiger partial charge in [0.15, 0.2) is 0 Å². The van der Waals surface area contributed by atoms with Gasteiger partial charge in [0.05, 0.1) is 13.2 Å². The van der Waals surface area contributed by atoms with E-state index in [1.54, 1.807) is 0 Å². The maximum absolute atomic E-state index is 5.46. The summed E-state index contributed by atoms with van der Waals surface area (Å²) in [5.41, 5.74) is 3.16. The monoisotopic (exact) mass is 352 g/mol.